The van der Waals surface area contributed by atoms with Gasteiger partial charge in [0.05, 0.1) is 0 Å². The molecule has 2 nitrogen and oxygen atoms in total. The summed E-state index contributed by atoms with van der Waals surface area (Å²) in [4.78, 5) is 15.0. The third-order valence-corrected chi connectivity index (χ3v) is 40.3. The van der Waals surface area contributed by atoms with Crippen LogP contribution in [0.3, 0.4) is 0 Å². The Hall–Kier alpha value is 1.75. The first kappa shape index (κ1) is 71.8. The van der Waals surface area contributed by atoms with Gasteiger partial charge in [-0.3, -0.25) is 9.59 Å². The van der Waals surface area contributed by atoms with Gasteiger partial charge in [-0.1, -0.05) is 263 Å². The van der Waals surface area contributed by atoms with Crippen molar-refractivity contribution in [3.8, 4) is 0 Å². The second kappa shape index (κ2) is 44.3. The summed E-state index contributed by atoms with van der Waals surface area (Å²) in [5.41, 5.74) is 14.3. The van der Waals surface area contributed by atoms with Crippen molar-refractivity contribution < 1.29 is 30.7 Å². The molecule has 12 saturated carbocycles. The van der Waals surface area contributed by atoms with Crippen LogP contribution in [0.25, 0.3) is 0 Å². The molecule has 12 fully saturated rings. The van der Waals surface area contributed by atoms with Crippen LogP contribution in [0.1, 0.15) is 385 Å². The standard InChI is InChI=1S/4C18H33P.2CO.W/c4*1-4-10-16(11-5-1)19(17-12-6-2-7-13-17)18-14-8-3-9-15-18;2*1-2;/h4*16-18H,1-15H2;;;. The monoisotopic (exact) mass is 1360 g/mol. The third-order valence-electron chi connectivity index (χ3n) is 24.0. The van der Waals surface area contributed by atoms with E-state index in [2.05, 4.69) is 13.6 Å². The topological polar surface area (TPSA) is 34.1 Å². The fraction of sp³-hybridized carbons (Fsp3) is 0.973. The van der Waals surface area contributed by atoms with E-state index in [-0.39, 0.29) is 21.1 Å². The normalized spacial score (nSPS) is 27.2. The maximum Gasteiger partial charge on any atom is 0.281 e. The molecule has 0 amide bonds. The Bertz CT molecular complexity index is 1070. The predicted molar refractivity (Wildman–Crippen MR) is 362 cm³/mol. The fourth-order valence-electron chi connectivity index (χ4n) is 20.1. The van der Waals surface area contributed by atoms with E-state index in [1.54, 1.807) is 308 Å². The van der Waals surface area contributed by atoms with E-state index in [9.17, 15) is 0 Å². The van der Waals surface area contributed by atoms with Crippen molar-refractivity contribution in [1.29, 1.82) is 0 Å². The van der Waals surface area contributed by atoms with Gasteiger partial charge in [-0.2, -0.15) is 0 Å². The zero-order chi connectivity index (χ0) is 55.7. The molecule has 12 rings (SSSR count). The molecule has 12 aliphatic rings. The molecule has 466 valence electrons. The van der Waals surface area contributed by atoms with E-state index < -0.39 is 0 Å². The minimum absolute atomic E-state index is 0. The Balaban J connectivity index is 0.000000170. The first-order valence-electron chi connectivity index (χ1n) is 37.3. The molecule has 0 N–H and O–H groups in total. The molecule has 0 atom stereocenters. The van der Waals surface area contributed by atoms with E-state index in [0.29, 0.717) is 31.7 Å². The maximum atomic E-state index is 7.50. The average Bonchev–Trinajstić information content (AvgIpc) is 3.57. The molecule has 0 aromatic heterocycles. The predicted octanol–water partition coefficient (Wildman–Crippen LogP) is 25.1. The van der Waals surface area contributed by atoms with Crippen LogP contribution >= 0.6 is 31.7 Å². The molecule has 0 heterocycles. The van der Waals surface area contributed by atoms with Crippen molar-refractivity contribution in [3.63, 3.8) is 0 Å². The molecule has 0 saturated heterocycles. The van der Waals surface area contributed by atoms with Gasteiger partial charge in [0.1, 0.15) is 0 Å². The Morgan fingerprint density at radius 2 is 0.198 bits per heavy atom. The second-order valence-electron chi connectivity index (χ2n) is 29.3. The number of rotatable bonds is 12. The van der Waals surface area contributed by atoms with Crippen molar-refractivity contribution in [1.82, 2.24) is 0 Å². The largest absolute Gasteiger partial charge is 0.281 e. The molecular weight excluding hydrogens is 1230 g/mol. The van der Waals surface area contributed by atoms with Crippen LogP contribution in [0.4, 0.5) is 0 Å². The van der Waals surface area contributed by atoms with Crippen LogP contribution in [0.5, 0.6) is 0 Å². The number of carbonyl (C=O) groups excluding carboxylic acids is 2. The Morgan fingerprint density at radius 3 is 0.259 bits per heavy atom. The van der Waals surface area contributed by atoms with E-state index in [1.807, 2.05) is 0 Å². The van der Waals surface area contributed by atoms with Crippen molar-refractivity contribution >= 4 is 45.3 Å². The molecule has 81 heavy (non-hydrogen) atoms. The van der Waals surface area contributed by atoms with E-state index >= 15 is 0 Å². The van der Waals surface area contributed by atoms with Gasteiger partial charge in [0.2, 0.25) is 0 Å². The van der Waals surface area contributed by atoms with Gasteiger partial charge in [0.15, 0.2) is 0 Å². The molecule has 7 heteroatoms. The summed E-state index contributed by atoms with van der Waals surface area (Å²) >= 11 is 0. The summed E-state index contributed by atoms with van der Waals surface area (Å²) in [7, 11) is 1.54. The summed E-state index contributed by atoms with van der Waals surface area (Å²) in [5.74, 6) is 0. The second-order valence-corrected chi connectivity index (χ2v) is 41.6. The molecule has 0 aromatic rings. The van der Waals surface area contributed by atoms with Crippen LogP contribution < -0.4 is 0 Å². The summed E-state index contributed by atoms with van der Waals surface area (Å²) in [6, 6.07) is 0. The first-order chi connectivity index (χ1) is 39.8. The van der Waals surface area contributed by atoms with Gasteiger partial charge >= 0.3 is 0 Å². The molecular formula is C74H132O2P4W. The molecule has 0 aromatic carbocycles. The molecule has 4 radical (unpaired) electrons. The zero-order valence-electron chi connectivity index (χ0n) is 53.4. The first-order valence-corrected chi connectivity index (χ1v) is 43.5. The van der Waals surface area contributed by atoms with Gasteiger partial charge in [-0.05, 0) is 222 Å². The number of hydrogen-bond acceptors (Lipinski definition) is 2. The van der Waals surface area contributed by atoms with Crippen LogP contribution in [-0.4, -0.2) is 81.5 Å². The van der Waals surface area contributed by atoms with Crippen molar-refractivity contribution in [2.45, 2.75) is 453 Å². The summed E-state index contributed by atoms with van der Waals surface area (Å²) < 4.78 is 0. The van der Waals surface area contributed by atoms with Crippen LogP contribution in [0.15, 0.2) is 0 Å². The quantitative estimate of drug-likeness (QED) is 0.183. The van der Waals surface area contributed by atoms with Gasteiger partial charge in [0.25, 0.3) is 13.6 Å². The average molecular weight is 1360 g/mol. The molecule has 12 aliphatic carbocycles. The molecule has 0 unspecified atom stereocenters. The summed E-state index contributed by atoms with van der Waals surface area (Å²) in [6.07, 6.45) is 94.5. The van der Waals surface area contributed by atoms with Crippen LogP contribution in [0.2, 0.25) is 0 Å². The van der Waals surface area contributed by atoms with E-state index in [0.717, 1.165) is 0 Å². The summed E-state index contributed by atoms with van der Waals surface area (Å²) in [6.45, 7) is 9.00. The number of hydrogen-bond donors (Lipinski definition) is 0. The van der Waals surface area contributed by atoms with Gasteiger partial charge in [-0.25, -0.2) is 0 Å². The van der Waals surface area contributed by atoms with Gasteiger partial charge in [-0.15, -0.1) is 0 Å². The van der Waals surface area contributed by atoms with Crippen molar-refractivity contribution in [3.05, 3.63) is 0 Å². The molecule has 0 spiro atoms. The fourth-order valence-corrected chi connectivity index (χ4v) is 38.8. The smallest absolute Gasteiger partial charge is 0.281 e. The van der Waals surface area contributed by atoms with Crippen molar-refractivity contribution in [2.75, 3.05) is 0 Å². The van der Waals surface area contributed by atoms with Crippen molar-refractivity contribution in [2.24, 2.45) is 0 Å². The minimum Gasteiger partial charge on any atom is -0.281 e. The van der Waals surface area contributed by atoms with Crippen LogP contribution in [-0.2, 0) is 30.7 Å². The maximum absolute atomic E-state index is 7.50. The van der Waals surface area contributed by atoms with Crippen LogP contribution in [0, 0.1) is 0 Å². The zero-order valence-corrected chi connectivity index (χ0v) is 59.9. The van der Waals surface area contributed by atoms with E-state index in [1.165, 1.54) is 145 Å². The molecule has 0 aliphatic heterocycles. The Kier molecular flexibility index (Phi) is 39.2. The minimum atomic E-state index is 0. The molecule has 0 bridgehead atoms. The van der Waals surface area contributed by atoms with Gasteiger partial charge in [0, 0.05) is 21.1 Å². The van der Waals surface area contributed by atoms with Gasteiger partial charge < -0.3 is 0 Å². The van der Waals surface area contributed by atoms with E-state index in [4.69, 9.17) is 9.59 Å². The Labute approximate surface area is 525 Å². The SMILES string of the molecule is C1CCC(P(C2CCCCC2)C2CCCCC2)CC1.C1CCC(P(C2CCCCC2)C2CCCCC2)CC1.C1CCC(P(C2CCCCC2)C2CCCCC2)CC1.C1CCC(P(C2CCCCC2)C2CCCCC2)CC1.[C]=O.[C]=O.[W]. The third kappa shape index (κ3) is 24.5. The Morgan fingerprint density at radius 1 is 0.136 bits per heavy atom. The summed E-state index contributed by atoms with van der Waals surface area (Å²) in [5, 5.41) is 0.